The molecule has 1 aromatic carbocycles. The van der Waals surface area contributed by atoms with Crippen LogP contribution >= 0.6 is 0 Å². The van der Waals surface area contributed by atoms with Crippen molar-refractivity contribution >= 4 is 11.8 Å². The van der Waals surface area contributed by atoms with Gasteiger partial charge in [0.2, 0.25) is 5.91 Å². The molecule has 7 nitrogen and oxygen atoms in total. The molecule has 31 heavy (non-hydrogen) atoms. The van der Waals surface area contributed by atoms with E-state index in [9.17, 15) is 9.59 Å². The fourth-order valence-electron chi connectivity index (χ4n) is 4.17. The molecule has 7 heteroatoms. The molecule has 1 aliphatic heterocycles. The van der Waals surface area contributed by atoms with Crippen molar-refractivity contribution < 1.29 is 9.59 Å². The summed E-state index contributed by atoms with van der Waals surface area (Å²) >= 11 is 0. The monoisotopic (exact) mass is 415 g/mol. The zero-order valence-corrected chi connectivity index (χ0v) is 17.4. The highest BCUT2D eigenvalue weighted by Crippen LogP contribution is 2.29. The summed E-state index contributed by atoms with van der Waals surface area (Å²) in [6.07, 6.45) is 8.39. The lowest BCUT2D eigenvalue weighted by molar-refractivity contribution is -0.139. The molecule has 0 spiro atoms. The summed E-state index contributed by atoms with van der Waals surface area (Å²) in [5, 5.41) is 4.72. The minimum Gasteiger partial charge on any atom is -0.339 e. The molecule has 0 N–H and O–H groups in total. The Morgan fingerprint density at radius 3 is 2.29 bits per heavy atom. The van der Waals surface area contributed by atoms with Gasteiger partial charge in [0.25, 0.3) is 5.91 Å². The average molecular weight is 415 g/mol. The summed E-state index contributed by atoms with van der Waals surface area (Å²) in [7, 11) is 0. The van der Waals surface area contributed by atoms with Gasteiger partial charge in [0, 0.05) is 56.3 Å². The Labute approximate surface area is 181 Å². The molecule has 3 aromatic rings. The quantitative estimate of drug-likeness (QED) is 0.657. The van der Waals surface area contributed by atoms with Crippen LogP contribution in [0.1, 0.15) is 29.6 Å². The number of carbonyl (C=O) groups is 2. The molecule has 2 amide bonds. The third-order valence-electron chi connectivity index (χ3n) is 6.23. The molecular formula is C24H25N5O2. The van der Waals surface area contributed by atoms with Gasteiger partial charge in [-0.25, -0.2) is 4.68 Å². The highest BCUT2D eigenvalue weighted by Gasteiger charge is 2.33. The first-order valence-corrected chi connectivity index (χ1v) is 10.8. The van der Waals surface area contributed by atoms with Gasteiger partial charge in [-0.05, 0) is 37.1 Å². The summed E-state index contributed by atoms with van der Waals surface area (Å²) in [5.74, 6) is 0.395. The lowest BCUT2D eigenvalue weighted by atomic mass is 9.84. The van der Waals surface area contributed by atoms with E-state index in [4.69, 9.17) is 5.10 Å². The van der Waals surface area contributed by atoms with Crippen molar-refractivity contribution in [3.8, 4) is 16.9 Å². The summed E-state index contributed by atoms with van der Waals surface area (Å²) in [6, 6.07) is 13.5. The molecule has 0 radical (unpaired) electrons. The normalized spacial score (nSPS) is 16.8. The van der Waals surface area contributed by atoms with Crippen LogP contribution in [0.5, 0.6) is 0 Å². The number of nitrogens with zero attached hydrogens (tertiary/aromatic N) is 5. The fourth-order valence-corrected chi connectivity index (χ4v) is 4.17. The van der Waals surface area contributed by atoms with E-state index >= 15 is 0 Å². The first-order valence-electron chi connectivity index (χ1n) is 10.8. The van der Waals surface area contributed by atoms with Crippen molar-refractivity contribution in [2.45, 2.75) is 19.3 Å². The summed E-state index contributed by atoms with van der Waals surface area (Å²) in [6.45, 7) is 2.27. The van der Waals surface area contributed by atoms with Gasteiger partial charge in [0.15, 0.2) is 0 Å². The second kappa shape index (κ2) is 8.34. The second-order valence-corrected chi connectivity index (χ2v) is 8.16. The van der Waals surface area contributed by atoms with E-state index in [1.165, 1.54) is 0 Å². The van der Waals surface area contributed by atoms with Crippen molar-refractivity contribution in [1.29, 1.82) is 0 Å². The standard InChI is InChI=1S/C24H25N5O2/c30-23(18-6-4-7-18)27-12-14-28(15-13-27)24(31)21-17-29(20-9-2-1-3-10-20)26-22(21)19-8-5-11-25-16-19/h1-3,5,8-11,16-18H,4,6-7,12-15H2. The first-order chi connectivity index (χ1) is 15.2. The maximum atomic E-state index is 13.5. The van der Waals surface area contributed by atoms with Crippen LogP contribution in [-0.2, 0) is 4.79 Å². The highest BCUT2D eigenvalue weighted by atomic mass is 16.2. The number of carbonyl (C=O) groups excluding carboxylic acids is 2. The van der Waals surface area contributed by atoms with Gasteiger partial charge >= 0.3 is 0 Å². The summed E-state index contributed by atoms with van der Waals surface area (Å²) < 4.78 is 1.74. The van der Waals surface area contributed by atoms with Gasteiger partial charge in [0.05, 0.1) is 11.3 Å². The molecule has 2 aliphatic rings. The maximum absolute atomic E-state index is 13.5. The molecule has 5 rings (SSSR count). The minimum absolute atomic E-state index is 0.0585. The van der Waals surface area contributed by atoms with Crippen LogP contribution in [0.4, 0.5) is 0 Å². The number of rotatable bonds is 4. The van der Waals surface area contributed by atoms with E-state index in [1.807, 2.05) is 52.3 Å². The smallest absolute Gasteiger partial charge is 0.257 e. The van der Waals surface area contributed by atoms with Crippen LogP contribution in [0.25, 0.3) is 16.9 Å². The SMILES string of the molecule is O=C(c1cn(-c2ccccc2)nc1-c1cccnc1)N1CCN(C(=O)C2CCC2)CC1. The van der Waals surface area contributed by atoms with Gasteiger partial charge in [-0.15, -0.1) is 0 Å². The Bertz CT molecular complexity index is 1070. The van der Waals surface area contributed by atoms with Crippen LogP contribution in [0.2, 0.25) is 0 Å². The van der Waals surface area contributed by atoms with E-state index < -0.39 is 0 Å². The van der Waals surface area contributed by atoms with E-state index in [0.717, 1.165) is 30.5 Å². The first kappa shape index (κ1) is 19.5. The molecule has 0 unspecified atom stereocenters. The predicted molar refractivity (Wildman–Crippen MR) is 117 cm³/mol. The number of piperazine rings is 1. The van der Waals surface area contributed by atoms with Crippen molar-refractivity contribution in [1.82, 2.24) is 24.6 Å². The van der Waals surface area contributed by atoms with E-state index in [1.54, 1.807) is 23.3 Å². The van der Waals surface area contributed by atoms with Crippen molar-refractivity contribution in [2.24, 2.45) is 5.92 Å². The van der Waals surface area contributed by atoms with E-state index in [-0.39, 0.29) is 17.7 Å². The third-order valence-corrected chi connectivity index (χ3v) is 6.23. The van der Waals surface area contributed by atoms with E-state index in [0.29, 0.717) is 37.4 Å². The Morgan fingerprint density at radius 2 is 1.65 bits per heavy atom. The Kier molecular flexibility index (Phi) is 5.24. The van der Waals surface area contributed by atoms with Crippen LogP contribution in [0.3, 0.4) is 0 Å². The van der Waals surface area contributed by atoms with Gasteiger partial charge in [0.1, 0.15) is 5.69 Å². The third kappa shape index (κ3) is 3.83. The number of pyridine rings is 1. The molecular weight excluding hydrogens is 390 g/mol. The Morgan fingerprint density at radius 1 is 0.903 bits per heavy atom. The number of hydrogen-bond acceptors (Lipinski definition) is 4. The average Bonchev–Trinajstić information content (AvgIpc) is 3.24. The number of para-hydroxylation sites is 1. The fraction of sp³-hybridized carbons (Fsp3) is 0.333. The highest BCUT2D eigenvalue weighted by molar-refractivity contribution is 6.00. The summed E-state index contributed by atoms with van der Waals surface area (Å²) in [5.41, 5.74) is 2.87. The maximum Gasteiger partial charge on any atom is 0.257 e. The number of benzene rings is 1. The van der Waals surface area contributed by atoms with E-state index in [2.05, 4.69) is 4.98 Å². The van der Waals surface area contributed by atoms with Gasteiger partial charge in [-0.2, -0.15) is 5.10 Å². The van der Waals surface area contributed by atoms with Crippen molar-refractivity contribution in [3.05, 3.63) is 66.6 Å². The number of aromatic nitrogens is 3. The van der Waals surface area contributed by atoms with Crippen LogP contribution in [0, 0.1) is 5.92 Å². The largest absolute Gasteiger partial charge is 0.339 e. The number of amides is 2. The molecule has 3 heterocycles. The topological polar surface area (TPSA) is 71.3 Å². The summed E-state index contributed by atoms with van der Waals surface area (Å²) in [4.78, 5) is 33.9. The zero-order chi connectivity index (χ0) is 21.2. The van der Waals surface area contributed by atoms with Gasteiger partial charge in [-0.1, -0.05) is 24.6 Å². The second-order valence-electron chi connectivity index (χ2n) is 8.16. The molecule has 0 bridgehead atoms. The Hall–Kier alpha value is -3.48. The molecule has 2 aromatic heterocycles. The van der Waals surface area contributed by atoms with Gasteiger partial charge in [-0.3, -0.25) is 14.6 Å². The van der Waals surface area contributed by atoms with Crippen LogP contribution in [-0.4, -0.2) is 62.6 Å². The van der Waals surface area contributed by atoms with Crippen molar-refractivity contribution in [3.63, 3.8) is 0 Å². The Balaban J connectivity index is 1.39. The molecule has 1 aliphatic carbocycles. The lowest BCUT2D eigenvalue weighted by Crippen LogP contribution is -2.52. The van der Waals surface area contributed by atoms with Gasteiger partial charge < -0.3 is 9.80 Å². The lowest BCUT2D eigenvalue weighted by Gasteiger charge is -2.38. The minimum atomic E-state index is -0.0585. The molecule has 1 saturated heterocycles. The molecule has 1 saturated carbocycles. The molecule has 2 fully saturated rings. The number of hydrogen-bond donors (Lipinski definition) is 0. The molecule has 0 atom stereocenters. The zero-order valence-electron chi connectivity index (χ0n) is 17.4. The van der Waals surface area contributed by atoms with Crippen LogP contribution in [0.15, 0.2) is 61.1 Å². The predicted octanol–water partition coefficient (Wildman–Crippen LogP) is 3.02. The molecule has 158 valence electrons. The van der Waals surface area contributed by atoms with Crippen molar-refractivity contribution in [2.75, 3.05) is 26.2 Å². The van der Waals surface area contributed by atoms with Crippen LogP contribution < -0.4 is 0 Å².